The van der Waals surface area contributed by atoms with Crippen molar-refractivity contribution in [2.45, 2.75) is 238 Å². The van der Waals surface area contributed by atoms with Crippen molar-refractivity contribution in [2.75, 3.05) is 11.5 Å². The highest BCUT2D eigenvalue weighted by Gasteiger charge is 2.38. The lowest BCUT2D eigenvalue weighted by atomic mass is 9.62. The van der Waals surface area contributed by atoms with Crippen LogP contribution in [0.2, 0.25) is 0 Å². The van der Waals surface area contributed by atoms with Crippen molar-refractivity contribution in [1.82, 2.24) is 0 Å². The molecule has 2 heteroatoms. The van der Waals surface area contributed by atoms with E-state index >= 15 is 0 Å². The van der Waals surface area contributed by atoms with Crippen molar-refractivity contribution in [3.63, 3.8) is 0 Å². The number of hydrogen-bond donors (Lipinski definition) is 2. The summed E-state index contributed by atoms with van der Waals surface area (Å²) in [4.78, 5) is 0. The van der Waals surface area contributed by atoms with Gasteiger partial charge in [0.2, 0.25) is 0 Å². The summed E-state index contributed by atoms with van der Waals surface area (Å²) in [6, 6.07) is 33.4. The lowest BCUT2D eigenvalue weighted by Crippen LogP contribution is -2.33. The molecular formula is C62H94N2. The molecule has 0 saturated heterocycles. The molecule has 5 rings (SSSR count). The molecule has 1 saturated carbocycles. The Hall–Kier alpha value is -3.52. The zero-order chi connectivity index (χ0) is 45.4. The molecule has 4 N–H and O–H groups in total. The molecule has 1 aliphatic carbocycles. The molecule has 0 spiro atoms. The Kier molecular flexibility index (Phi) is 22.9. The van der Waals surface area contributed by atoms with E-state index in [2.05, 4.69) is 120 Å². The van der Waals surface area contributed by atoms with E-state index in [1.807, 2.05) is 0 Å². The Morgan fingerprint density at radius 2 is 0.781 bits per heavy atom. The Labute approximate surface area is 394 Å². The quantitative estimate of drug-likeness (QED) is 0.0391. The van der Waals surface area contributed by atoms with Gasteiger partial charge in [-0.05, 0) is 127 Å². The minimum Gasteiger partial charge on any atom is -0.399 e. The van der Waals surface area contributed by atoms with Crippen molar-refractivity contribution < 1.29 is 0 Å². The Morgan fingerprint density at radius 1 is 0.438 bits per heavy atom. The minimum absolute atomic E-state index is 0.0477. The van der Waals surface area contributed by atoms with Crippen molar-refractivity contribution in [2.24, 2.45) is 5.92 Å². The highest BCUT2D eigenvalue weighted by atomic mass is 14.5. The van der Waals surface area contributed by atoms with Crippen LogP contribution in [0.1, 0.15) is 263 Å². The normalized spacial score (nSPS) is 17.4. The molecule has 0 heterocycles. The Balaban J connectivity index is 1.34. The first-order valence-electron chi connectivity index (χ1n) is 27.2. The Morgan fingerprint density at radius 3 is 1.12 bits per heavy atom. The van der Waals surface area contributed by atoms with Gasteiger partial charge in [0.25, 0.3) is 0 Å². The number of nitrogen functional groups attached to an aromatic ring is 2. The second-order valence-electron chi connectivity index (χ2n) is 20.7. The number of benzene rings is 4. The van der Waals surface area contributed by atoms with E-state index in [-0.39, 0.29) is 5.41 Å². The van der Waals surface area contributed by atoms with Gasteiger partial charge in [-0.25, -0.2) is 0 Å². The van der Waals surface area contributed by atoms with E-state index in [0.717, 1.165) is 17.3 Å². The molecule has 0 aromatic heterocycles. The van der Waals surface area contributed by atoms with Crippen LogP contribution in [0.25, 0.3) is 0 Å². The maximum absolute atomic E-state index is 6.30. The zero-order valence-corrected chi connectivity index (χ0v) is 42.0. The predicted molar refractivity (Wildman–Crippen MR) is 283 cm³/mol. The third-order valence-electron chi connectivity index (χ3n) is 15.7. The maximum atomic E-state index is 6.30. The fourth-order valence-electron chi connectivity index (χ4n) is 11.6. The van der Waals surface area contributed by atoms with Crippen LogP contribution in [0.15, 0.2) is 84.9 Å². The largest absolute Gasteiger partial charge is 0.399 e. The predicted octanol–water partition coefficient (Wildman–Crippen LogP) is 19.0. The summed E-state index contributed by atoms with van der Waals surface area (Å²) in [7, 11) is 0. The van der Waals surface area contributed by atoms with Crippen LogP contribution in [0.5, 0.6) is 0 Å². The van der Waals surface area contributed by atoms with Crippen LogP contribution in [0, 0.1) is 19.8 Å². The van der Waals surface area contributed by atoms with Gasteiger partial charge in [-0.2, -0.15) is 0 Å². The molecule has 352 valence electrons. The molecule has 0 bridgehead atoms. The smallest absolute Gasteiger partial charge is 0.0316 e. The molecular weight excluding hydrogens is 773 g/mol. The van der Waals surface area contributed by atoms with Gasteiger partial charge in [0, 0.05) is 28.6 Å². The molecule has 4 aromatic carbocycles. The lowest BCUT2D eigenvalue weighted by Gasteiger charge is -2.42. The van der Waals surface area contributed by atoms with Crippen LogP contribution in [0.3, 0.4) is 0 Å². The number of aryl methyl sites for hydroxylation is 2. The molecule has 1 fully saturated rings. The molecule has 1 aliphatic rings. The van der Waals surface area contributed by atoms with Gasteiger partial charge in [-0.3, -0.25) is 0 Å². The van der Waals surface area contributed by atoms with Crippen molar-refractivity contribution in [1.29, 1.82) is 0 Å². The van der Waals surface area contributed by atoms with Crippen LogP contribution < -0.4 is 11.5 Å². The summed E-state index contributed by atoms with van der Waals surface area (Å²) < 4.78 is 0. The summed E-state index contributed by atoms with van der Waals surface area (Å²) in [5.41, 5.74) is 25.9. The van der Waals surface area contributed by atoms with Crippen LogP contribution in [0.4, 0.5) is 11.4 Å². The topological polar surface area (TPSA) is 52.0 Å². The first kappa shape index (κ1) is 51.5. The maximum Gasteiger partial charge on any atom is 0.0316 e. The zero-order valence-electron chi connectivity index (χ0n) is 42.0. The summed E-state index contributed by atoms with van der Waals surface area (Å²) >= 11 is 0. The molecule has 0 amide bonds. The molecule has 2 unspecified atom stereocenters. The number of anilines is 2. The van der Waals surface area contributed by atoms with E-state index in [0.29, 0.717) is 11.8 Å². The average Bonchev–Trinajstić information content (AvgIpc) is 3.30. The molecule has 0 aliphatic heterocycles. The molecule has 2 atom stereocenters. The first-order valence-corrected chi connectivity index (χ1v) is 27.2. The van der Waals surface area contributed by atoms with E-state index in [9.17, 15) is 0 Å². The summed E-state index contributed by atoms with van der Waals surface area (Å²) in [5, 5.41) is 0. The molecule has 4 aromatic rings. The second-order valence-corrected chi connectivity index (χ2v) is 20.7. The van der Waals surface area contributed by atoms with Gasteiger partial charge in [-0.15, -0.1) is 0 Å². The Bertz CT molecular complexity index is 1720. The van der Waals surface area contributed by atoms with Gasteiger partial charge in [0.1, 0.15) is 0 Å². The van der Waals surface area contributed by atoms with Crippen molar-refractivity contribution in [3.05, 3.63) is 129 Å². The van der Waals surface area contributed by atoms with Gasteiger partial charge < -0.3 is 11.5 Å². The number of unbranched alkanes of at least 4 members (excludes halogenated alkanes) is 19. The van der Waals surface area contributed by atoms with E-state index < -0.39 is 0 Å². The van der Waals surface area contributed by atoms with Crippen LogP contribution in [-0.2, 0) is 5.41 Å². The average molecular weight is 867 g/mol. The van der Waals surface area contributed by atoms with Crippen molar-refractivity contribution >= 4 is 11.4 Å². The monoisotopic (exact) mass is 867 g/mol. The third kappa shape index (κ3) is 15.8. The highest BCUT2D eigenvalue weighted by Crippen LogP contribution is 2.48. The lowest BCUT2D eigenvalue weighted by molar-refractivity contribution is 0.251. The fraction of sp³-hybridized carbons (Fsp3) is 0.613. The van der Waals surface area contributed by atoms with Crippen molar-refractivity contribution in [3.8, 4) is 0 Å². The fourth-order valence-corrected chi connectivity index (χ4v) is 11.6. The van der Waals surface area contributed by atoms with Gasteiger partial charge >= 0.3 is 0 Å². The molecule has 0 radical (unpaired) electrons. The highest BCUT2D eigenvalue weighted by molar-refractivity contribution is 5.51. The summed E-state index contributed by atoms with van der Waals surface area (Å²) in [6.07, 6.45) is 39.0. The standard InChI is InChI=1S/C62H94N2/c1-6-9-12-14-16-18-20-22-24-26-29-60(58-41-39-56(63)47-49(58)4)52-31-35-54(36-32-52)62(45-43-51(44-46-62)28-11-8-3)55-37-33-53(34-38-55)61(59-42-40-57(64)48-50(59)5)30-27-25-23-21-19-17-15-13-10-7-2/h31-42,47-48,51,60-61H,6-30,43-46,63-64H2,1-5H3. The van der Waals surface area contributed by atoms with Crippen LogP contribution in [-0.4, -0.2) is 0 Å². The SMILES string of the molecule is CCCCCCCCCCCCC(c1ccc(C2(c3ccc(C(CCCCCCCCCCCC)c4ccc(N)cc4C)cc3)CCC(CCCC)CC2)cc1)c1ccc(N)cc1C. The first-order chi connectivity index (χ1) is 31.3. The van der Waals surface area contributed by atoms with Gasteiger partial charge in [0.05, 0.1) is 0 Å². The third-order valence-corrected chi connectivity index (χ3v) is 15.7. The van der Waals surface area contributed by atoms with Crippen LogP contribution >= 0.6 is 0 Å². The van der Waals surface area contributed by atoms with Gasteiger partial charge in [-0.1, -0.05) is 229 Å². The molecule has 2 nitrogen and oxygen atoms in total. The van der Waals surface area contributed by atoms with Gasteiger partial charge in [0.15, 0.2) is 0 Å². The summed E-state index contributed by atoms with van der Waals surface area (Å²) in [6.45, 7) is 11.5. The number of nitrogens with two attached hydrogens (primary N) is 2. The number of hydrogen-bond acceptors (Lipinski definition) is 2. The van der Waals surface area contributed by atoms with E-state index in [4.69, 9.17) is 11.5 Å². The van der Waals surface area contributed by atoms with E-state index in [1.54, 1.807) is 0 Å². The summed E-state index contributed by atoms with van der Waals surface area (Å²) in [5.74, 6) is 1.64. The van der Waals surface area contributed by atoms with E-state index in [1.165, 1.54) is 231 Å². The molecule has 64 heavy (non-hydrogen) atoms. The number of rotatable bonds is 31. The minimum atomic E-state index is 0.0477. The second kappa shape index (κ2) is 28.5.